The van der Waals surface area contributed by atoms with E-state index in [1.807, 2.05) is 18.2 Å². The van der Waals surface area contributed by atoms with Gasteiger partial charge in [-0.3, -0.25) is 4.79 Å². The summed E-state index contributed by atoms with van der Waals surface area (Å²) in [5, 5.41) is 8.37. The number of hydrogen-bond donors (Lipinski definition) is 1. The molecular weight excluding hydrogens is 224 g/mol. The van der Waals surface area contributed by atoms with Crippen molar-refractivity contribution in [2.24, 2.45) is 0 Å². The second-order valence-electron chi connectivity index (χ2n) is 4.14. The Morgan fingerprint density at radius 1 is 0.889 bits per heavy atom. The van der Waals surface area contributed by atoms with E-state index in [1.165, 1.54) is 11.1 Å². The molecule has 2 aromatic carbocycles. The topological polar surface area (TPSA) is 37.3 Å². The highest BCUT2D eigenvalue weighted by Crippen LogP contribution is 2.02. The Morgan fingerprint density at radius 3 is 1.72 bits per heavy atom. The first kappa shape index (κ1) is 14.0. The van der Waals surface area contributed by atoms with Crippen LogP contribution in [0, 0.1) is 13.8 Å². The summed E-state index contributed by atoms with van der Waals surface area (Å²) in [6, 6.07) is 17.5. The van der Waals surface area contributed by atoms with Gasteiger partial charge < -0.3 is 5.11 Å². The van der Waals surface area contributed by atoms with Crippen LogP contribution in [0.4, 0.5) is 0 Å². The summed E-state index contributed by atoms with van der Waals surface area (Å²) < 4.78 is 0. The number of hydrogen-bond acceptors (Lipinski definition) is 1. The van der Waals surface area contributed by atoms with E-state index < -0.39 is 5.97 Å². The maximum absolute atomic E-state index is 10.2. The number of aryl methyl sites for hydroxylation is 2. The Bertz CT molecular complexity index is 468. The van der Waals surface area contributed by atoms with Crippen molar-refractivity contribution in [2.75, 3.05) is 0 Å². The predicted octanol–water partition coefficient (Wildman–Crippen LogP) is 3.62. The molecule has 0 aliphatic carbocycles. The van der Waals surface area contributed by atoms with Crippen molar-refractivity contribution in [3.8, 4) is 0 Å². The molecule has 2 heteroatoms. The predicted molar refractivity (Wildman–Crippen MR) is 73.7 cm³/mol. The molecule has 2 nitrogen and oxygen atoms in total. The zero-order valence-electron chi connectivity index (χ0n) is 10.8. The molecule has 2 aromatic rings. The number of carboxylic acids is 1. The van der Waals surface area contributed by atoms with E-state index in [1.54, 1.807) is 12.1 Å². The lowest BCUT2D eigenvalue weighted by Crippen LogP contribution is -1.98. The third-order valence-electron chi connectivity index (χ3n) is 2.62. The largest absolute Gasteiger partial charge is 0.481 e. The molecule has 0 aliphatic heterocycles. The van der Waals surface area contributed by atoms with Crippen molar-refractivity contribution in [2.45, 2.75) is 20.3 Å². The lowest BCUT2D eigenvalue weighted by molar-refractivity contribution is -0.136. The van der Waals surface area contributed by atoms with Gasteiger partial charge in [-0.15, -0.1) is 0 Å². The van der Waals surface area contributed by atoms with Gasteiger partial charge in [-0.25, -0.2) is 0 Å². The Labute approximate surface area is 108 Å². The first-order chi connectivity index (χ1) is 8.59. The fourth-order valence-electron chi connectivity index (χ4n) is 1.43. The average molecular weight is 242 g/mol. The normalized spacial score (nSPS) is 9.22. The standard InChI is InChI=1S/C8H8O2.C8H10/c9-8(10)6-7-4-2-1-3-5-7;1-7-5-3-4-6-8(7)2/h1-5H,6H2,(H,9,10);3-6H,1-2H3. The number of carbonyl (C=O) groups is 1. The van der Waals surface area contributed by atoms with Gasteiger partial charge in [-0.05, 0) is 30.5 Å². The summed E-state index contributed by atoms with van der Waals surface area (Å²) in [4.78, 5) is 10.2. The Morgan fingerprint density at radius 2 is 1.33 bits per heavy atom. The molecule has 2 rings (SSSR count). The van der Waals surface area contributed by atoms with Crippen molar-refractivity contribution >= 4 is 5.97 Å². The number of aliphatic carboxylic acids is 1. The molecule has 0 saturated heterocycles. The quantitative estimate of drug-likeness (QED) is 0.873. The fourth-order valence-corrected chi connectivity index (χ4v) is 1.43. The molecule has 0 bridgehead atoms. The third kappa shape index (κ3) is 5.30. The molecule has 18 heavy (non-hydrogen) atoms. The van der Waals surface area contributed by atoms with Crippen LogP contribution in [0.5, 0.6) is 0 Å². The minimum atomic E-state index is -0.786. The van der Waals surface area contributed by atoms with Crippen LogP contribution in [-0.2, 0) is 11.2 Å². The Kier molecular flexibility index (Phi) is 5.65. The van der Waals surface area contributed by atoms with Crippen LogP contribution >= 0.6 is 0 Å². The molecular formula is C16H18O2. The van der Waals surface area contributed by atoms with Gasteiger partial charge in [0.25, 0.3) is 0 Å². The molecule has 0 spiro atoms. The van der Waals surface area contributed by atoms with Crippen LogP contribution in [0.1, 0.15) is 16.7 Å². The van der Waals surface area contributed by atoms with Gasteiger partial charge in [-0.1, -0.05) is 54.6 Å². The summed E-state index contributed by atoms with van der Waals surface area (Å²) in [5.74, 6) is -0.786. The highest BCUT2D eigenvalue weighted by atomic mass is 16.4. The maximum Gasteiger partial charge on any atom is 0.307 e. The van der Waals surface area contributed by atoms with Crippen LogP contribution in [0.2, 0.25) is 0 Å². The molecule has 0 atom stereocenters. The Balaban J connectivity index is 0.000000184. The number of benzene rings is 2. The molecule has 0 amide bonds. The molecule has 0 aromatic heterocycles. The van der Waals surface area contributed by atoms with Gasteiger partial charge in [0.05, 0.1) is 6.42 Å². The molecule has 0 fully saturated rings. The molecule has 0 aliphatic rings. The second-order valence-corrected chi connectivity index (χ2v) is 4.14. The van der Waals surface area contributed by atoms with Crippen LogP contribution < -0.4 is 0 Å². The first-order valence-corrected chi connectivity index (χ1v) is 5.87. The van der Waals surface area contributed by atoms with Crippen LogP contribution in [0.25, 0.3) is 0 Å². The van der Waals surface area contributed by atoms with Crippen molar-refractivity contribution in [1.82, 2.24) is 0 Å². The lowest BCUT2D eigenvalue weighted by atomic mass is 10.1. The van der Waals surface area contributed by atoms with Crippen molar-refractivity contribution in [1.29, 1.82) is 0 Å². The zero-order valence-corrected chi connectivity index (χ0v) is 10.8. The number of carboxylic acid groups (broad SMARTS) is 1. The summed E-state index contributed by atoms with van der Waals surface area (Å²) >= 11 is 0. The van der Waals surface area contributed by atoms with Crippen molar-refractivity contribution in [3.63, 3.8) is 0 Å². The van der Waals surface area contributed by atoms with Gasteiger partial charge in [0.2, 0.25) is 0 Å². The molecule has 0 heterocycles. The van der Waals surface area contributed by atoms with Gasteiger partial charge in [-0.2, -0.15) is 0 Å². The van der Waals surface area contributed by atoms with E-state index in [0.717, 1.165) is 5.56 Å². The summed E-state index contributed by atoms with van der Waals surface area (Å²) in [7, 11) is 0. The summed E-state index contributed by atoms with van der Waals surface area (Å²) in [5.41, 5.74) is 3.58. The molecule has 0 unspecified atom stereocenters. The van der Waals surface area contributed by atoms with E-state index in [9.17, 15) is 4.79 Å². The van der Waals surface area contributed by atoms with E-state index in [4.69, 9.17) is 5.11 Å². The van der Waals surface area contributed by atoms with Crippen molar-refractivity contribution in [3.05, 3.63) is 71.3 Å². The minimum absolute atomic E-state index is 0.112. The average Bonchev–Trinajstić information content (AvgIpc) is 2.34. The highest BCUT2D eigenvalue weighted by Gasteiger charge is 1.96. The van der Waals surface area contributed by atoms with Gasteiger partial charge in [0.1, 0.15) is 0 Å². The Hall–Kier alpha value is -2.09. The third-order valence-corrected chi connectivity index (χ3v) is 2.62. The SMILES string of the molecule is Cc1ccccc1C.O=C(O)Cc1ccccc1. The van der Waals surface area contributed by atoms with Crippen LogP contribution in [0.3, 0.4) is 0 Å². The minimum Gasteiger partial charge on any atom is -0.481 e. The highest BCUT2D eigenvalue weighted by molar-refractivity contribution is 5.70. The smallest absolute Gasteiger partial charge is 0.307 e. The molecule has 94 valence electrons. The zero-order chi connectivity index (χ0) is 13.4. The van der Waals surface area contributed by atoms with Crippen LogP contribution in [-0.4, -0.2) is 11.1 Å². The van der Waals surface area contributed by atoms with Crippen LogP contribution in [0.15, 0.2) is 54.6 Å². The van der Waals surface area contributed by atoms with Gasteiger partial charge >= 0.3 is 5.97 Å². The monoisotopic (exact) mass is 242 g/mol. The van der Waals surface area contributed by atoms with E-state index in [0.29, 0.717) is 0 Å². The first-order valence-electron chi connectivity index (χ1n) is 5.87. The molecule has 0 saturated carbocycles. The summed E-state index contributed by atoms with van der Waals surface area (Å²) in [6.07, 6.45) is 0.112. The van der Waals surface area contributed by atoms with Crippen molar-refractivity contribution < 1.29 is 9.90 Å². The lowest BCUT2D eigenvalue weighted by Gasteiger charge is -1.93. The molecule has 1 N–H and O–H groups in total. The molecule has 0 radical (unpaired) electrons. The van der Waals surface area contributed by atoms with Gasteiger partial charge in [0, 0.05) is 0 Å². The van der Waals surface area contributed by atoms with E-state index >= 15 is 0 Å². The summed E-state index contributed by atoms with van der Waals surface area (Å²) in [6.45, 7) is 4.24. The number of rotatable bonds is 2. The maximum atomic E-state index is 10.2. The second kappa shape index (κ2) is 7.28. The van der Waals surface area contributed by atoms with Gasteiger partial charge in [0.15, 0.2) is 0 Å². The van der Waals surface area contributed by atoms with E-state index in [-0.39, 0.29) is 6.42 Å². The van der Waals surface area contributed by atoms with E-state index in [2.05, 4.69) is 38.1 Å². The fraction of sp³-hybridized carbons (Fsp3) is 0.188.